The van der Waals surface area contributed by atoms with Crippen LogP contribution in [-0.4, -0.2) is 70.0 Å². The van der Waals surface area contributed by atoms with Gasteiger partial charge in [0.1, 0.15) is 12.2 Å². The first kappa shape index (κ1) is 30.4. The van der Waals surface area contributed by atoms with Gasteiger partial charge in [-0.2, -0.15) is 15.2 Å². The highest BCUT2D eigenvalue weighted by molar-refractivity contribution is 5.90. The van der Waals surface area contributed by atoms with Crippen molar-refractivity contribution < 1.29 is 28.5 Å². The Morgan fingerprint density at radius 1 is 0.891 bits per heavy atom. The number of nitrogens with one attached hydrogen (secondary N) is 1. The number of methoxy groups -OCH3 is 1. The number of hydrogen-bond donors (Lipinski definition) is 1. The summed E-state index contributed by atoms with van der Waals surface area (Å²) in [7, 11) is 1.49. The fraction of sp³-hybridized carbons (Fsp3) is 0.235. The second-order valence-corrected chi connectivity index (χ2v) is 10.5. The van der Waals surface area contributed by atoms with E-state index in [0.29, 0.717) is 35.4 Å². The van der Waals surface area contributed by atoms with Crippen LogP contribution in [0.4, 0.5) is 5.82 Å². The monoisotopic (exact) mass is 618 g/mol. The number of ether oxygens (including phenoxy) is 4. The average Bonchev–Trinajstić information content (AvgIpc) is 3.67. The maximum atomic E-state index is 13.4. The molecule has 0 unspecified atom stereocenters. The number of esters is 2. The quantitative estimate of drug-likeness (QED) is 0.211. The van der Waals surface area contributed by atoms with Crippen molar-refractivity contribution in [1.82, 2.24) is 19.5 Å². The van der Waals surface area contributed by atoms with Gasteiger partial charge >= 0.3 is 11.9 Å². The largest absolute Gasteiger partial charge is 0.452 e. The highest BCUT2D eigenvalue weighted by atomic mass is 16.7. The minimum atomic E-state index is -1.15. The predicted octanol–water partition coefficient (Wildman–Crippen LogP) is 4.35. The van der Waals surface area contributed by atoms with E-state index in [1.165, 1.54) is 13.4 Å². The summed E-state index contributed by atoms with van der Waals surface area (Å²) in [6.45, 7) is 0.554. The molecular weight excluding hydrogens is 588 g/mol. The third kappa shape index (κ3) is 6.56. The molecule has 0 radical (unpaired) electrons. The summed E-state index contributed by atoms with van der Waals surface area (Å²) < 4.78 is 25.4. The normalized spacial score (nSPS) is 19.0. The number of anilines is 1. The van der Waals surface area contributed by atoms with Gasteiger partial charge in [-0.3, -0.25) is 4.57 Å². The van der Waals surface area contributed by atoms with Crippen molar-refractivity contribution in [3.05, 3.63) is 120 Å². The molecule has 1 aliphatic rings. The van der Waals surface area contributed by atoms with Crippen LogP contribution in [0, 0.1) is 11.3 Å². The smallest absolute Gasteiger partial charge is 0.338 e. The molecule has 0 spiro atoms. The summed E-state index contributed by atoms with van der Waals surface area (Å²) in [5, 5.41) is 13.0. The number of nitrogens with zero attached hydrogens (tertiary/aromatic N) is 5. The molecule has 1 fully saturated rings. The Labute approximate surface area is 264 Å². The van der Waals surface area contributed by atoms with Gasteiger partial charge in [-0.05, 0) is 36.2 Å². The molecule has 46 heavy (non-hydrogen) atoms. The van der Waals surface area contributed by atoms with Crippen molar-refractivity contribution in [2.75, 3.05) is 25.6 Å². The zero-order valence-electron chi connectivity index (χ0n) is 24.9. The number of fused-ring (bicyclic) bond motifs is 1. The van der Waals surface area contributed by atoms with Crippen LogP contribution < -0.4 is 5.32 Å². The first-order chi connectivity index (χ1) is 22.6. The number of carbonyl (C=O) groups is 2. The maximum absolute atomic E-state index is 13.4. The van der Waals surface area contributed by atoms with Gasteiger partial charge in [0.2, 0.25) is 5.82 Å². The van der Waals surface area contributed by atoms with Crippen molar-refractivity contribution in [2.45, 2.75) is 31.0 Å². The van der Waals surface area contributed by atoms with Gasteiger partial charge in [0.05, 0.1) is 24.1 Å². The van der Waals surface area contributed by atoms with Crippen LogP contribution in [0.5, 0.6) is 0 Å². The topological polar surface area (TPSA) is 150 Å². The Kier molecular flexibility index (Phi) is 9.24. The van der Waals surface area contributed by atoms with Crippen LogP contribution in [0.3, 0.4) is 0 Å². The summed E-state index contributed by atoms with van der Waals surface area (Å²) >= 11 is 0. The Hall–Kier alpha value is -5.64. The van der Waals surface area contributed by atoms with Crippen LogP contribution in [-0.2, 0) is 25.4 Å². The molecular formula is C34H30N6O6. The molecule has 0 bridgehead atoms. The summed E-state index contributed by atoms with van der Waals surface area (Å²) in [6, 6.07) is 28.9. The third-order valence-corrected chi connectivity index (χ3v) is 7.47. The highest BCUT2D eigenvalue weighted by Gasteiger charge is 2.51. The number of hydrogen-bond acceptors (Lipinski definition) is 11. The van der Waals surface area contributed by atoms with Gasteiger partial charge in [0.15, 0.2) is 35.4 Å². The lowest BCUT2D eigenvalue weighted by Gasteiger charge is -2.25. The maximum Gasteiger partial charge on any atom is 0.338 e. The van der Waals surface area contributed by atoms with E-state index in [-0.39, 0.29) is 18.1 Å². The van der Waals surface area contributed by atoms with Gasteiger partial charge in [0, 0.05) is 13.7 Å². The molecule has 1 saturated heterocycles. The molecule has 12 heteroatoms. The van der Waals surface area contributed by atoms with Gasteiger partial charge < -0.3 is 24.3 Å². The van der Waals surface area contributed by atoms with Crippen molar-refractivity contribution in [3.8, 4) is 6.07 Å². The fourth-order valence-corrected chi connectivity index (χ4v) is 5.28. The predicted molar refractivity (Wildman–Crippen MR) is 166 cm³/mol. The van der Waals surface area contributed by atoms with Crippen LogP contribution >= 0.6 is 0 Å². The van der Waals surface area contributed by atoms with Gasteiger partial charge in [-0.25, -0.2) is 14.6 Å². The second kappa shape index (κ2) is 14.0. The molecule has 12 nitrogen and oxygen atoms in total. The van der Waals surface area contributed by atoms with Crippen molar-refractivity contribution in [3.63, 3.8) is 0 Å². The van der Waals surface area contributed by atoms with Crippen LogP contribution in [0.15, 0.2) is 97.3 Å². The molecule has 1 N–H and O–H groups in total. The van der Waals surface area contributed by atoms with Gasteiger partial charge in [0.25, 0.3) is 0 Å². The van der Waals surface area contributed by atoms with Crippen LogP contribution in [0.25, 0.3) is 11.2 Å². The Morgan fingerprint density at radius 2 is 1.50 bits per heavy atom. The Bertz CT molecular complexity index is 1840. The molecule has 232 valence electrons. The SMILES string of the molecule is COC[C@H]1O[C@@H](n2cnc3c(NCCc4ccccc4)nc(C#N)nc32)[C@H](OC(=O)c2ccccc2)[C@@H]1OC(=O)c1ccccc1. The van der Waals surface area contributed by atoms with Crippen LogP contribution in [0.1, 0.15) is 38.3 Å². The number of carbonyl (C=O) groups excluding carboxylic acids is 2. The van der Waals surface area contributed by atoms with E-state index in [1.54, 1.807) is 65.2 Å². The lowest BCUT2D eigenvalue weighted by Crippen LogP contribution is -2.41. The number of imidazole rings is 1. The number of aromatic nitrogens is 4. The van der Waals surface area contributed by atoms with Crippen LogP contribution in [0.2, 0.25) is 0 Å². The van der Waals surface area contributed by atoms with E-state index in [9.17, 15) is 14.9 Å². The van der Waals surface area contributed by atoms with Crippen molar-refractivity contribution in [2.24, 2.45) is 0 Å². The number of benzene rings is 3. The minimum Gasteiger partial charge on any atom is -0.452 e. The van der Waals surface area contributed by atoms with E-state index in [1.807, 2.05) is 36.4 Å². The Balaban J connectivity index is 1.36. The zero-order chi connectivity index (χ0) is 31.9. The van der Waals surface area contributed by atoms with E-state index in [4.69, 9.17) is 18.9 Å². The summed E-state index contributed by atoms with van der Waals surface area (Å²) in [5.74, 6) is -0.982. The van der Waals surface area contributed by atoms with Crippen molar-refractivity contribution >= 4 is 28.9 Å². The average molecular weight is 619 g/mol. The molecule has 0 aliphatic carbocycles. The number of rotatable bonds is 11. The molecule has 4 atom stereocenters. The minimum absolute atomic E-state index is 0.0278. The van der Waals surface area contributed by atoms with Crippen molar-refractivity contribution in [1.29, 1.82) is 5.26 Å². The first-order valence-corrected chi connectivity index (χ1v) is 14.6. The molecule has 0 saturated carbocycles. The molecule has 3 heterocycles. The van der Waals surface area contributed by atoms with E-state index < -0.39 is 36.5 Å². The molecule has 2 aromatic heterocycles. The third-order valence-electron chi connectivity index (χ3n) is 7.47. The zero-order valence-corrected chi connectivity index (χ0v) is 24.9. The van der Waals surface area contributed by atoms with E-state index in [0.717, 1.165) is 5.56 Å². The molecule has 6 rings (SSSR count). The molecule has 0 amide bonds. The summed E-state index contributed by atoms with van der Waals surface area (Å²) in [6.07, 6.45) is -1.90. The standard InChI is InChI=1S/C34H30N6O6/c1-43-20-25-28(45-33(41)23-13-7-3-8-14-23)29(46-34(42)24-15-9-4-10-16-24)32(44-25)40-21-37-27-30(38-26(19-35)39-31(27)40)36-18-17-22-11-5-2-6-12-22/h2-16,21,25,28-29,32H,17-18,20H2,1H3,(H,36,38,39)/t25-,28-,29-,32-/m1/s1. The van der Waals surface area contributed by atoms with Gasteiger partial charge in [-0.1, -0.05) is 66.7 Å². The molecule has 5 aromatic rings. The fourth-order valence-electron chi connectivity index (χ4n) is 5.28. The first-order valence-electron chi connectivity index (χ1n) is 14.6. The van der Waals surface area contributed by atoms with Gasteiger partial charge in [-0.15, -0.1) is 0 Å². The second-order valence-electron chi connectivity index (χ2n) is 10.5. The molecule has 3 aromatic carbocycles. The highest BCUT2D eigenvalue weighted by Crippen LogP contribution is 2.37. The summed E-state index contributed by atoms with van der Waals surface area (Å²) in [4.78, 5) is 40.0. The van der Waals surface area contributed by atoms with E-state index >= 15 is 0 Å². The molecule has 1 aliphatic heterocycles. The lowest BCUT2D eigenvalue weighted by atomic mass is 10.1. The van der Waals surface area contributed by atoms with E-state index in [2.05, 4.69) is 20.3 Å². The Morgan fingerprint density at radius 3 is 2.11 bits per heavy atom. The lowest BCUT2D eigenvalue weighted by molar-refractivity contribution is -0.0622. The number of nitriles is 1. The summed E-state index contributed by atoms with van der Waals surface area (Å²) in [5.41, 5.74) is 2.41.